The summed E-state index contributed by atoms with van der Waals surface area (Å²) in [6.45, 7) is 7.07. The van der Waals surface area contributed by atoms with E-state index in [1.807, 2.05) is 24.4 Å². The lowest BCUT2D eigenvalue weighted by Gasteiger charge is -2.37. The Balaban J connectivity index is 1.53. The second-order valence-corrected chi connectivity index (χ2v) is 9.31. The van der Waals surface area contributed by atoms with Gasteiger partial charge in [0, 0.05) is 42.5 Å². The number of rotatable bonds is 6. The minimum Gasteiger partial charge on any atom is -0.370 e. The maximum absolute atomic E-state index is 13.3. The maximum Gasteiger partial charge on any atom is 0.251 e. The zero-order valence-electron chi connectivity index (χ0n) is 19.8. The first-order valence-electron chi connectivity index (χ1n) is 11.9. The molecule has 1 aliphatic rings. The highest BCUT2D eigenvalue weighted by atomic mass is 19.1. The Hall–Kier alpha value is -3.59. The van der Waals surface area contributed by atoms with Crippen molar-refractivity contribution in [1.82, 2.24) is 15.5 Å². The molecule has 0 unspecified atom stereocenters. The summed E-state index contributed by atoms with van der Waals surface area (Å²) in [6.07, 6.45) is 6.58. The van der Waals surface area contributed by atoms with Crippen LogP contribution in [0.4, 0.5) is 10.1 Å². The highest BCUT2D eigenvalue weighted by Gasteiger charge is 2.24. The van der Waals surface area contributed by atoms with Crippen molar-refractivity contribution in [3.8, 4) is 11.8 Å². The number of aromatic nitrogens is 2. The standard InChI is InChI=1S/C28H31FN4O/c1-20-14-21(2)19-33(18-20)27-12-9-25(28(34)30-13-3-4-23-16-31-32-17-23)15-24(27)8-5-22-6-10-26(29)11-7-22/h6-7,9-12,15-17,20-21H,3-4,13-14,18-19H2,1-2H3,(H,30,34)(H,31,32)/t20-,21+. The van der Waals surface area contributed by atoms with Crippen LogP contribution in [-0.4, -0.2) is 35.7 Å². The first kappa shape index (κ1) is 23.6. The van der Waals surface area contributed by atoms with E-state index in [0.717, 1.165) is 48.3 Å². The summed E-state index contributed by atoms with van der Waals surface area (Å²) >= 11 is 0. The van der Waals surface area contributed by atoms with Crippen LogP contribution in [0.1, 0.15) is 53.7 Å². The number of carbonyl (C=O) groups excluding carboxylic acids is 1. The average molecular weight is 459 g/mol. The quantitative estimate of drug-likeness (QED) is 0.412. The molecule has 34 heavy (non-hydrogen) atoms. The maximum atomic E-state index is 13.3. The first-order chi connectivity index (χ1) is 16.5. The number of nitrogens with zero attached hydrogens (tertiary/aromatic N) is 2. The summed E-state index contributed by atoms with van der Waals surface area (Å²) in [5.41, 5.74) is 4.32. The van der Waals surface area contributed by atoms with Gasteiger partial charge in [0.05, 0.1) is 11.9 Å². The van der Waals surface area contributed by atoms with Gasteiger partial charge >= 0.3 is 0 Å². The molecule has 0 saturated carbocycles. The van der Waals surface area contributed by atoms with Gasteiger partial charge in [-0.25, -0.2) is 4.39 Å². The molecular formula is C28H31FN4O. The zero-order valence-corrected chi connectivity index (χ0v) is 19.8. The number of amides is 1. The Morgan fingerprint density at radius 2 is 1.91 bits per heavy atom. The van der Waals surface area contributed by atoms with Crippen LogP contribution in [0.25, 0.3) is 0 Å². The number of hydrogen-bond donors (Lipinski definition) is 2. The van der Waals surface area contributed by atoms with Gasteiger partial charge in [-0.05, 0) is 79.1 Å². The molecule has 2 N–H and O–H groups in total. The second-order valence-electron chi connectivity index (χ2n) is 9.31. The number of aryl methyl sites for hydroxylation is 1. The molecule has 0 bridgehead atoms. The van der Waals surface area contributed by atoms with E-state index in [1.165, 1.54) is 18.6 Å². The van der Waals surface area contributed by atoms with Gasteiger partial charge in [-0.2, -0.15) is 5.10 Å². The number of halogens is 1. The fraction of sp³-hybridized carbons (Fsp3) is 0.357. The molecule has 6 heteroatoms. The minimum absolute atomic E-state index is 0.107. The molecule has 1 aliphatic heterocycles. The lowest BCUT2D eigenvalue weighted by atomic mass is 9.91. The highest BCUT2D eigenvalue weighted by Crippen LogP contribution is 2.29. The van der Waals surface area contributed by atoms with Crippen molar-refractivity contribution in [2.45, 2.75) is 33.1 Å². The van der Waals surface area contributed by atoms with Gasteiger partial charge in [-0.15, -0.1) is 0 Å². The van der Waals surface area contributed by atoms with Crippen LogP contribution in [0.5, 0.6) is 0 Å². The molecular weight excluding hydrogens is 427 g/mol. The summed E-state index contributed by atoms with van der Waals surface area (Å²) in [7, 11) is 0. The van der Waals surface area contributed by atoms with Crippen molar-refractivity contribution in [3.05, 3.63) is 82.9 Å². The number of aromatic amines is 1. The number of piperidine rings is 1. The van der Waals surface area contributed by atoms with Crippen LogP contribution >= 0.6 is 0 Å². The zero-order chi connectivity index (χ0) is 23.9. The highest BCUT2D eigenvalue weighted by molar-refractivity contribution is 5.95. The smallest absolute Gasteiger partial charge is 0.251 e. The van der Waals surface area contributed by atoms with Crippen molar-refractivity contribution in [2.24, 2.45) is 11.8 Å². The summed E-state index contributed by atoms with van der Waals surface area (Å²) in [5, 5.41) is 9.76. The number of anilines is 1. The van der Waals surface area contributed by atoms with E-state index in [4.69, 9.17) is 0 Å². The first-order valence-corrected chi connectivity index (χ1v) is 11.9. The summed E-state index contributed by atoms with van der Waals surface area (Å²) in [5.74, 6) is 7.20. The van der Waals surface area contributed by atoms with Gasteiger partial charge in [0.15, 0.2) is 0 Å². The average Bonchev–Trinajstić information content (AvgIpc) is 3.34. The second kappa shape index (κ2) is 11.0. The Kier molecular flexibility index (Phi) is 7.64. The largest absolute Gasteiger partial charge is 0.370 e. The van der Waals surface area contributed by atoms with Crippen LogP contribution in [-0.2, 0) is 6.42 Å². The number of hydrogen-bond acceptors (Lipinski definition) is 3. The topological polar surface area (TPSA) is 61.0 Å². The third kappa shape index (κ3) is 6.26. The van der Waals surface area contributed by atoms with Gasteiger partial charge in [-0.3, -0.25) is 9.89 Å². The third-order valence-corrected chi connectivity index (χ3v) is 6.14. The molecule has 2 heterocycles. The fourth-order valence-electron chi connectivity index (χ4n) is 4.60. The van der Waals surface area contributed by atoms with Crippen LogP contribution in [0.2, 0.25) is 0 Å². The molecule has 0 aliphatic carbocycles. The molecule has 0 radical (unpaired) electrons. The normalized spacial score (nSPS) is 17.7. The van der Waals surface area contributed by atoms with E-state index >= 15 is 0 Å². The molecule has 0 spiro atoms. The minimum atomic E-state index is -0.283. The molecule has 1 amide bonds. The van der Waals surface area contributed by atoms with E-state index in [9.17, 15) is 9.18 Å². The van der Waals surface area contributed by atoms with Crippen molar-refractivity contribution >= 4 is 11.6 Å². The monoisotopic (exact) mass is 458 g/mol. The molecule has 2 atom stereocenters. The number of benzene rings is 2. The van der Waals surface area contributed by atoms with Crippen molar-refractivity contribution < 1.29 is 9.18 Å². The van der Waals surface area contributed by atoms with Crippen LogP contribution in [0.3, 0.4) is 0 Å². The Bertz CT molecular complexity index is 1150. The SMILES string of the molecule is C[C@@H]1C[C@H](C)CN(c2ccc(C(=O)NCCCc3cn[nH]c3)cc2C#Cc2ccc(F)cc2)C1. The molecule has 2 aromatic carbocycles. The lowest BCUT2D eigenvalue weighted by molar-refractivity contribution is 0.0953. The summed E-state index contributed by atoms with van der Waals surface area (Å²) in [6, 6.07) is 11.9. The van der Waals surface area contributed by atoms with Gasteiger partial charge in [0.25, 0.3) is 5.91 Å². The molecule has 1 saturated heterocycles. The number of H-pyrrole nitrogens is 1. The molecule has 3 aromatic rings. The van der Waals surface area contributed by atoms with E-state index < -0.39 is 0 Å². The molecule has 1 fully saturated rings. The van der Waals surface area contributed by atoms with Gasteiger partial charge in [0.2, 0.25) is 0 Å². The van der Waals surface area contributed by atoms with E-state index in [0.29, 0.717) is 23.9 Å². The van der Waals surface area contributed by atoms with Crippen molar-refractivity contribution in [2.75, 3.05) is 24.5 Å². The van der Waals surface area contributed by atoms with Crippen LogP contribution in [0.15, 0.2) is 54.9 Å². The number of nitrogens with one attached hydrogen (secondary N) is 2. The summed E-state index contributed by atoms with van der Waals surface area (Å²) < 4.78 is 13.3. The predicted molar refractivity (Wildman–Crippen MR) is 133 cm³/mol. The predicted octanol–water partition coefficient (Wildman–Crippen LogP) is 4.79. The molecule has 1 aromatic heterocycles. The van der Waals surface area contributed by atoms with Crippen molar-refractivity contribution in [3.63, 3.8) is 0 Å². The lowest BCUT2D eigenvalue weighted by Crippen LogP contribution is -2.39. The van der Waals surface area contributed by atoms with E-state index in [1.54, 1.807) is 18.3 Å². The van der Waals surface area contributed by atoms with E-state index in [-0.39, 0.29) is 11.7 Å². The molecule has 5 nitrogen and oxygen atoms in total. The van der Waals surface area contributed by atoms with Gasteiger partial charge in [-0.1, -0.05) is 25.7 Å². The third-order valence-electron chi connectivity index (χ3n) is 6.14. The van der Waals surface area contributed by atoms with Gasteiger partial charge < -0.3 is 10.2 Å². The fourth-order valence-corrected chi connectivity index (χ4v) is 4.60. The Morgan fingerprint density at radius 1 is 1.15 bits per heavy atom. The summed E-state index contributed by atoms with van der Waals surface area (Å²) in [4.78, 5) is 15.2. The number of carbonyl (C=O) groups is 1. The van der Waals surface area contributed by atoms with Crippen molar-refractivity contribution in [1.29, 1.82) is 0 Å². The molecule has 176 valence electrons. The van der Waals surface area contributed by atoms with Crippen LogP contribution in [0, 0.1) is 29.5 Å². The van der Waals surface area contributed by atoms with Gasteiger partial charge in [0.1, 0.15) is 5.82 Å². The van der Waals surface area contributed by atoms with E-state index in [2.05, 4.69) is 46.1 Å². The molecule has 4 rings (SSSR count). The van der Waals surface area contributed by atoms with Crippen LogP contribution < -0.4 is 10.2 Å². The Morgan fingerprint density at radius 3 is 2.62 bits per heavy atom. The Labute approximate surface area is 200 Å².